The Kier molecular flexibility index (Phi) is 5.66. The van der Waals surface area contributed by atoms with Gasteiger partial charge in [0.1, 0.15) is 6.04 Å². The van der Waals surface area contributed by atoms with Gasteiger partial charge in [0, 0.05) is 18.9 Å². The minimum atomic E-state index is -3.70. The van der Waals surface area contributed by atoms with E-state index in [1.54, 1.807) is 0 Å². The number of hydrogen-bond acceptors (Lipinski definition) is 6. The second-order valence-corrected chi connectivity index (χ2v) is 7.46. The first kappa shape index (κ1) is 18.1. The van der Waals surface area contributed by atoms with E-state index >= 15 is 0 Å². The number of carbonyl (C=O) groups excluding carboxylic acids is 1. The number of aliphatic carboxylic acids is 1. The number of benzene rings is 1. The number of carboxylic acids is 1. The van der Waals surface area contributed by atoms with Gasteiger partial charge < -0.3 is 19.9 Å². The number of fused-ring (bicyclic) bond motifs is 1. The molecule has 1 amide bonds. The van der Waals surface area contributed by atoms with E-state index < -0.39 is 33.5 Å². The topological polar surface area (TPSA) is 119 Å². The van der Waals surface area contributed by atoms with Gasteiger partial charge in [-0.3, -0.25) is 9.59 Å². The zero-order chi connectivity index (χ0) is 17.7. The van der Waals surface area contributed by atoms with E-state index in [1.165, 1.54) is 25.1 Å². The minimum Gasteiger partial charge on any atom is -0.490 e. The molecule has 1 aromatic rings. The molecule has 1 aliphatic heterocycles. The van der Waals surface area contributed by atoms with Crippen LogP contribution in [0.2, 0.25) is 0 Å². The zero-order valence-electron chi connectivity index (χ0n) is 13.1. The predicted octanol–water partition coefficient (Wildman–Crippen LogP) is 0.601. The summed E-state index contributed by atoms with van der Waals surface area (Å²) < 4.78 is 35.6. The number of ether oxygens (including phenoxy) is 2. The maximum Gasteiger partial charge on any atom is 0.325 e. The van der Waals surface area contributed by atoms with Crippen LogP contribution in [0.4, 0.5) is 0 Å². The van der Waals surface area contributed by atoms with Crippen LogP contribution < -0.4 is 14.8 Å². The number of nitrogens with one attached hydrogen (secondary N) is 1. The molecule has 0 fully saturated rings. The van der Waals surface area contributed by atoms with Crippen molar-refractivity contribution in [3.8, 4) is 11.5 Å². The van der Waals surface area contributed by atoms with Crippen LogP contribution in [0.3, 0.4) is 0 Å². The van der Waals surface area contributed by atoms with E-state index in [4.69, 9.17) is 14.6 Å². The lowest BCUT2D eigenvalue weighted by molar-refractivity contribution is -0.141. The molecule has 1 atom stereocenters. The third-order valence-corrected chi connectivity index (χ3v) is 5.14. The normalized spacial score (nSPS) is 15.2. The van der Waals surface area contributed by atoms with Gasteiger partial charge in [-0.05, 0) is 19.1 Å². The van der Waals surface area contributed by atoms with Crippen molar-refractivity contribution in [3.05, 3.63) is 18.2 Å². The fourth-order valence-electron chi connectivity index (χ4n) is 2.06. The molecule has 0 saturated heterocycles. The Morgan fingerprint density at radius 1 is 1.25 bits per heavy atom. The molecule has 24 heavy (non-hydrogen) atoms. The highest BCUT2D eigenvalue weighted by molar-refractivity contribution is 7.91. The molecule has 1 unspecified atom stereocenters. The second-order valence-electron chi connectivity index (χ2n) is 5.36. The first-order chi connectivity index (χ1) is 11.3. The number of carbonyl (C=O) groups is 2. The standard InChI is InChI=1S/C15H19NO7S/c1-10(15(18)19)16-14(17)5-8-24(20,21)11-3-4-12-13(9-11)23-7-2-6-22-12/h3-4,9-10H,2,5-8H2,1H3,(H,16,17)(H,18,19). The molecule has 1 aromatic carbocycles. The molecule has 1 aliphatic rings. The van der Waals surface area contributed by atoms with Crippen LogP contribution in [0, 0.1) is 0 Å². The van der Waals surface area contributed by atoms with Gasteiger partial charge in [0.15, 0.2) is 21.3 Å². The third-order valence-electron chi connectivity index (χ3n) is 3.42. The monoisotopic (exact) mass is 357 g/mol. The van der Waals surface area contributed by atoms with Crippen molar-refractivity contribution < 1.29 is 32.6 Å². The molecule has 0 saturated carbocycles. The van der Waals surface area contributed by atoms with Gasteiger partial charge >= 0.3 is 5.97 Å². The van der Waals surface area contributed by atoms with Crippen molar-refractivity contribution in [1.29, 1.82) is 0 Å². The van der Waals surface area contributed by atoms with Crippen LogP contribution in [0.15, 0.2) is 23.1 Å². The Labute approximate surface area is 139 Å². The van der Waals surface area contributed by atoms with Crippen molar-refractivity contribution in [3.63, 3.8) is 0 Å². The van der Waals surface area contributed by atoms with Crippen molar-refractivity contribution in [2.75, 3.05) is 19.0 Å². The van der Waals surface area contributed by atoms with Gasteiger partial charge in [0.2, 0.25) is 5.91 Å². The van der Waals surface area contributed by atoms with E-state index in [0.29, 0.717) is 31.1 Å². The quantitative estimate of drug-likeness (QED) is 0.765. The number of carboxylic acid groups (broad SMARTS) is 1. The number of rotatable bonds is 6. The van der Waals surface area contributed by atoms with Crippen LogP contribution in [0.25, 0.3) is 0 Å². The Morgan fingerprint density at radius 3 is 2.58 bits per heavy atom. The van der Waals surface area contributed by atoms with Crippen molar-refractivity contribution >= 4 is 21.7 Å². The van der Waals surface area contributed by atoms with Gasteiger partial charge in [-0.25, -0.2) is 8.42 Å². The summed E-state index contributed by atoms with van der Waals surface area (Å²) in [6, 6.07) is 3.24. The van der Waals surface area contributed by atoms with Crippen LogP contribution in [-0.2, 0) is 19.4 Å². The van der Waals surface area contributed by atoms with Crippen LogP contribution in [0.1, 0.15) is 19.8 Å². The number of amides is 1. The van der Waals surface area contributed by atoms with Crippen molar-refractivity contribution in [1.82, 2.24) is 5.32 Å². The van der Waals surface area contributed by atoms with Gasteiger partial charge in [-0.15, -0.1) is 0 Å². The Bertz CT molecular complexity index is 729. The van der Waals surface area contributed by atoms with Crippen LogP contribution >= 0.6 is 0 Å². The molecule has 2 rings (SSSR count). The highest BCUT2D eigenvalue weighted by Crippen LogP contribution is 2.32. The van der Waals surface area contributed by atoms with Gasteiger partial charge in [-0.1, -0.05) is 0 Å². The molecule has 9 heteroatoms. The Hall–Kier alpha value is -2.29. The van der Waals surface area contributed by atoms with Crippen molar-refractivity contribution in [2.24, 2.45) is 0 Å². The van der Waals surface area contributed by atoms with E-state index in [0.717, 1.165) is 0 Å². The maximum absolute atomic E-state index is 12.3. The maximum atomic E-state index is 12.3. The number of sulfone groups is 1. The molecular formula is C15H19NO7S. The summed E-state index contributed by atoms with van der Waals surface area (Å²) in [7, 11) is -3.70. The van der Waals surface area contributed by atoms with Gasteiger partial charge in [0.05, 0.1) is 23.9 Å². The van der Waals surface area contributed by atoms with Crippen molar-refractivity contribution in [2.45, 2.75) is 30.7 Å². The average molecular weight is 357 g/mol. The summed E-state index contributed by atoms with van der Waals surface area (Å²) in [5.41, 5.74) is 0. The molecule has 2 N–H and O–H groups in total. The fourth-order valence-corrected chi connectivity index (χ4v) is 3.31. The van der Waals surface area contributed by atoms with Gasteiger partial charge in [-0.2, -0.15) is 0 Å². The minimum absolute atomic E-state index is 0.0332. The Morgan fingerprint density at radius 2 is 1.92 bits per heavy atom. The van der Waals surface area contributed by atoms with Gasteiger partial charge in [0.25, 0.3) is 0 Å². The lowest BCUT2D eigenvalue weighted by Crippen LogP contribution is -2.38. The first-order valence-corrected chi connectivity index (χ1v) is 9.09. The molecule has 0 radical (unpaired) electrons. The van der Waals surface area contributed by atoms with Crippen LogP contribution in [0.5, 0.6) is 11.5 Å². The summed E-state index contributed by atoms with van der Waals surface area (Å²) >= 11 is 0. The summed E-state index contributed by atoms with van der Waals surface area (Å²) in [4.78, 5) is 22.3. The lowest BCUT2D eigenvalue weighted by Gasteiger charge is -2.11. The van der Waals surface area contributed by atoms with E-state index in [1.807, 2.05) is 0 Å². The molecule has 0 aromatic heterocycles. The average Bonchev–Trinajstić information content (AvgIpc) is 2.77. The lowest BCUT2D eigenvalue weighted by atomic mass is 10.3. The van der Waals surface area contributed by atoms with E-state index in [9.17, 15) is 18.0 Å². The zero-order valence-corrected chi connectivity index (χ0v) is 14.0. The molecule has 0 bridgehead atoms. The number of hydrogen-bond donors (Lipinski definition) is 2. The molecule has 132 valence electrons. The Balaban J connectivity index is 2.04. The smallest absolute Gasteiger partial charge is 0.325 e. The van der Waals surface area contributed by atoms with Crippen LogP contribution in [-0.4, -0.2) is 50.4 Å². The first-order valence-electron chi connectivity index (χ1n) is 7.44. The molecule has 8 nitrogen and oxygen atoms in total. The largest absolute Gasteiger partial charge is 0.490 e. The molecule has 0 aliphatic carbocycles. The van der Waals surface area contributed by atoms with E-state index in [-0.39, 0.29) is 11.3 Å². The highest BCUT2D eigenvalue weighted by atomic mass is 32.2. The highest BCUT2D eigenvalue weighted by Gasteiger charge is 2.21. The summed E-state index contributed by atoms with van der Waals surface area (Å²) in [6.07, 6.45) is 0.382. The molecule has 1 heterocycles. The fraction of sp³-hybridized carbons (Fsp3) is 0.467. The molecule has 0 spiro atoms. The summed E-state index contributed by atoms with van der Waals surface area (Å²) in [6.45, 7) is 2.24. The molecular weight excluding hydrogens is 338 g/mol. The van der Waals surface area contributed by atoms with E-state index in [2.05, 4.69) is 5.32 Å². The third kappa shape index (κ3) is 4.60. The summed E-state index contributed by atoms with van der Waals surface area (Å²) in [5.74, 6) is -1.40. The summed E-state index contributed by atoms with van der Waals surface area (Å²) in [5, 5.41) is 10.9. The SMILES string of the molecule is CC(NC(=O)CCS(=O)(=O)c1ccc2c(c1)OCCCO2)C(=O)O. The predicted molar refractivity (Wildman–Crippen MR) is 84.0 cm³/mol. The second kappa shape index (κ2) is 7.52.